The van der Waals surface area contributed by atoms with E-state index in [9.17, 15) is 8.42 Å². The first-order valence-corrected chi connectivity index (χ1v) is 11.7. The number of sulfonamides is 1. The molecule has 0 aliphatic carbocycles. The third kappa shape index (κ3) is 4.33. The van der Waals surface area contributed by atoms with Crippen LogP contribution in [0.25, 0.3) is 21.8 Å². The van der Waals surface area contributed by atoms with Crippen molar-refractivity contribution in [3.05, 3.63) is 83.2 Å². The Labute approximate surface area is 184 Å². The lowest BCUT2D eigenvalue weighted by Crippen LogP contribution is -2.14. The second kappa shape index (κ2) is 8.47. The number of anilines is 1. The molecule has 0 radical (unpaired) electrons. The Morgan fingerprint density at radius 2 is 1.70 bits per heavy atom. The third-order valence-corrected chi connectivity index (χ3v) is 6.90. The van der Waals surface area contributed by atoms with Crippen molar-refractivity contribution in [2.75, 3.05) is 11.8 Å². The van der Waals surface area contributed by atoms with Gasteiger partial charge in [0.15, 0.2) is 0 Å². The molecule has 4 rings (SSSR count). The van der Waals surface area contributed by atoms with Gasteiger partial charge >= 0.3 is 0 Å². The SMILES string of the molecule is COc1ccc(Cl)cc1S(=O)(=O)Nc1ccc(-c2csc(-c3ccccc3)n2)cc1. The minimum absolute atomic E-state index is 0.0198. The van der Waals surface area contributed by atoms with E-state index in [4.69, 9.17) is 16.3 Å². The lowest BCUT2D eigenvalue weighted by molar-refractivity contribution is 0.403. The Morgan fingerprint density at radius 1 is 0.967 bits per heavy atom. The summed E-state index contributed by atoms with van der Waals surface area (Å²) in [6.45, 7) is 0. The molecule has 1 aromatic heterocycles. The Hall–Kier alpha value is -2.87. The molecule has 0 fully saturated rings. The van der Waals surface area contributed by atoms with Gasteiger partial charge in [0.05, 0.1) is 12.8 Å². The summed E-state index contributed by atoms with van der Waals surface area (Å²) in [6, 6.07) is 21.5. The van der Waals surface area contributed by atoms with Crippen molar-refractivity contribution >= 4 is 38.6 Å². The number of aromatic nitrogens is 1. The van der Waals surface area contributed by atoms with Gasteiger partial charge in [-0.1, -0.05) is 54.1 Å². The maximum absolute atomic E-state index is 12.8. The van der Waals surface area contributed by atoms with Crippen molar-refractivity contribution < 1.29 is 13.2 Å². The Bertz CT molecular complexity index is 1270. The van der Waals surface area contributed by atoms with Crippen LogP contribution in [0.3, 0.4) is 0 Å². The number of nitrogens with zero attached hydrogens (tertiary/aromatic N) is 1. The highest BCUT2D eigenvalue weighted by Crippen LogP contribution is 2.31. The normalized spacial score (nSPS) is 11.3. The summed E-state index contributed by atoms with van der Waals surface area (Å²) in [7, 11) is -2.45. The molecule has 1 heterocycles. The van der Waals surface area contributed by atoms with Gasteiger partial charge in [-0.2, -0.15) is 0 Å². The van der Waals surface area contributed by atoms with Gasteiger partial charge in [-0.25, -0.2) is 13.4 Å². The van der Waals surface area contributed by atoms with E-state index in [1.807, 2.05) is 47.8 Å². The molecule has 0 aliphatic rings. The highest BCUT2D eigenvalue weighted by atomic mass is 35.5. The van der Waals surface area contributed by atoms with Crippen molar-refractivity contribution in [3.63, 3.8) is 0 Å². The zero-order valence-corrected chi connectivity index (χ0v) is 18.3. The molecule has 0 saturated heterocycles. The highest BCUT2D eigenvalue weighted by Gasteiger charge is 2.20. The summed E-state index contributed by atoms with van der Waals surface area (Å²) in [5.74, 6) is 0.222. The fraction of sp³-hybridized carbons (Fsp3) is 0.0455. The van der Waals surface area contributed by atoms with Gasteiger partial charge in [0.25, 0.3) is 10.0 Å². The van der Waals surface area contributed by atoms with Crippen LogP contribution in [0.4, 0.5) is 5.69 Å². The highest BCUT2D eigenvalue weighted by molar-refractivity contribution is 7.92. The molecule has 0 bridgehead atoms. The molecule has 3 aromatic carbocycles. The van der Waals surface area contributed by atoms with E-state index in [-0.39, 0.29) is 10.6 Å². The number of methoxy groups -OCH3 is 1. The summed E-state index contributed by atoms with van der Waals surface area (Å²) in [5.41, 5.74) is 3.23. The number of thiazole rings is 1. The number of hydrogen-bond donors (Lipinski definition) is 1. The molecule has 8 heteroatoms. The van der Waals surface area contributed by atoms with Crippen molar-refractivity contribution in [1.82, 2.24) is 4.98 Å². The Balaban J connectivity index is 1.56. The molecule has 0 aliphatic heterocycles. The summed E-state index contributed by atoms with van der Waals surface area (Å²) >= 11 is 7.53. The molecule has 4 aromatic rings. The smallest absolute Gasteiger partial charge is 0.265 e. The minimum atomic E-state index is -3.86. The molecule has 30 heavy (non-hydrogen) atoms. The maximum atomic E-state index is 12.8. The molecule has 0 saturated carbocycles. The Kier molecular flexibility index (Phi) is 5.76. The first kappa shape index (κ1) is 20.4. The second-order valence-corrected chi connectivity index (χ2v) is 9.33. The van der Waals surface area contributed by atoms with Crippen molar-refractivity contribution in [2.24, 2.45) is 0 Å². The molecule has 0 unspecified atom stereocenters. The van der Waals surface area contributed by atoms with Gasteiger partial charge in [0.1, 0.15) is 15.7 Å². The van der Waals surface area contributed by atoms with Crippen LogP contribution in [0.5, 0.6) is 5.75 Å². The number of ether oxygens (including phenoxy) is 1. The first-order chi connectivity index (χ1) is 14.5. The van der Waals surface area contributed by atoms with Crippen LogP contribution in [0, 0.1) is 0 Å². The van der Waals surface area contributed by atoms with Gasteiger partial charge in [0, 0.05) is 27.2 Å². The molecule has 0 spiro atoms. The van der Waals surface area contributed by atoms with E-state index in [2.05, 4.69) is 9.71 Å². The average molecular weight is 457 g/mol. The molecule has 152 valence electrons. The van der Waals surface area contributed by atoms with E-state index >= 15 is 0 Å². The molecule has 0 amide bonds. The van der Waals surface area contributed by atoms with Crippen molar-refractivity contribution in [3.8, 4) is 27.6 Å². The lowest BCUT2D eigenvalue weighted by atomic mass is 10.1. The van der Waals surface area contributed by atoms with E-state index in [0.717, 1.165) is 21.8 Å². The first-order valence-electron chi connectivity index (χ1n) is 8.94. The maximum Gasteiger partial charge on any atom is 0.265 e. The topological polar surface area (TPSA) is 68.3 Å². The predicted octanol–water partition coefficient (Wildman–Crippen LogP) is 5.94. The van der Waals surface area contributed by atoms with E-state index in [1.54, 1.807) is 29.5 Å². The van der Waals surface area contributed by atoms with Crippen LogP contribution in [-0.2, 0) is 10.0 Å². The zero-order valence-electron chi connectivity index (χ0n) is 15.9. The number of benzene rings is 3. The lowest BCUT2D eigenvalue weighted by Gasteiger charge is -2.12. The molecule has 5 nitrogen and oxygen atoms in total. The van der Waals surface area contributed by atoms with Crippen LogP contribution in [-0.4, -0.2) is 20.5 Å². The van der Waals surface area contributed by atoms with Crippen molar-refractivity contribution in [2.45, 2.75) is 4.90 Å². The molecular weight excluding hydrogens is 440 g/mol. The summed E-state index contributed by atoms with van der Waals surface area (Å²) in [4.78, 5) is 4.66. The van der Waals surface area contributed by atoms with Crippen molar-refractivity contribution in [1.29, 1.82) is 0 Å². The van der Waals surface area contributed by atoms with Gasteiger partial charge < -0.3 is 4.74 Å². The summed E-state index contributed by atoms with van der Waals surface area (Å²) in [5, 5.41) is 3.23. The largest absolute Gasteiger partial charge is 0.495 e. The van der Waals surface area contributed by atoms with Gasteiger partial charge in [-0.15, -0.1) is 11.3 Å². The summed E-state index contributed by atoms with van der Waals surface area (Å²) < 4.78 is 33.3. The van der Waals surface area contributed by atoms with Crippen LogP contribution in [0.2, 0.25) is 5.02 Å². The number of hydrogen-bond acceptors (Lipinski definition) is 5. The molecule has 0 atom stereocenters. The van der Waals surface area contributed by atoms with Gasteiger partial charge in [-0.05, 0) is 30.3 Å². The molecular formula is C22H17ClN2O3S2. The standard InChI is InChI=1S/C22H17ClN2O3S2/c1-28-20-12-9-17(23)13-21(20)30(26,27)25-18-10-7-15(8-11-18)19-14-29-22(24-19)16-5-3-2-4-6-16/h2-14,25H,1H3. The number of nitrogens with one attached hydrogen (secondary N) is 1. The van der Waals surface area contributed by atoms with Gasteiger partial charge in [-0.3, -0.25) is 4.72 Å². The number of rotatable bonds is 6. The van der Waals surface area contributed by atoms with Crippen LogP contribution in [0.15, 0.2) is 83.1 Å². The average Bonchev–Trinajstić information content (AvgIpc) is 3.25. The Morgan fingerprint density at radius 3 is 2.40 bits per heavy atom. The zero-order chi connectivity index (χ0) is 21.1. The van der Waals surface area contributed by atoms with Crippen LogP contribution >= 0.6 is 22.9 Å². The van der Waals surface area contributed by atoms with E-state index in [0.29, 0.717) is 10.7 Å². The monoisotopic (exact) mass is 456 g/mol. The second-order valence-electron chi connectivity index (χ2n) is 6.38. The van der Waals surface area contributed by atoms with E-state index in [1.165, 1.54) is 19.2 Å². The predicted molar refractivity (Wildman–Crippen MR) is 122 cm³/mol. The summed E-state index contributed by atoms with van der Waals surface area (Å²) in [6.07, 6.45) is 0. The third-order valence-electron chi connectivity index (χ3n) is 4.37. The fourth-order valence-corrected chi connectivity index (χ4v) is 5.23. The number of halogens is 1. The van der Waals surface area contributed by atoms with E-state index < -0.39 is 10.0 Å². The van der Waals surface area contributed by atoms with Gasteiger partial charge in [0.2, 0.25) is 0 Å². The van der Waals surface area contributed by atoms with Crippen LogP contribution in [0.1, 0.15) is 0 Å². The molecule has 1 N–H and O–H groups in total. The fourth-order valence-electron chi connectivity index (χ4n) is 2.90. The minimum Gasteiger partial charge on any atom is -0.495 e. The van der Waals surface area contributed by atoms with Crippen LogP contribution < -0.4 is 9.46 Å². The quantitative estimate of drug-likeness (QED) is 0.390.